The molecule has 0 bridgehead atoms. The predicted molar refractivity (Wildman–Crippen MR) is 166 cm³/mol. The molecular weight excluding hydrogens is 602 g/mol. The molecule has 3 heterocycles. The van der Waals surface area contributed by atoms with E-state index >= 15 is 0 Å². The number of hydrogen-bond acceptors (Lipinski definition) is 12. The Labute approximate surface area is 262 Å². The summed E-state index contributed by atoms with van der Waals surface area (Å²) >= 11 is 0. The fourth-order valence-corrected chi connectivity index (χ4v) is 6.30. The maximum atomic E-state index is 13.0. The number of allylic oxidation sites excluding steroid dienone is 1. The molecule has 2 aromatic carbocycles. The zero-order valence-corrected chi connectivity index (χ0v) is 26.1. The fourth-order valence-electron chi connectivity index (χ4n) is 5.40. The number of sulfonamides is 1. The molecule has 0 amide bonds. The van der Waals surface area contributed by atoms with Crippen molar-refractivity contribution in [2.75, 3.05) is 51.8 Å². The molecule has 1 aromatic heterocycles. The van der Waals surface area contributed by atoms with Gasteiger partial charge in [0.05, 0.1) is 38.1 Å². The van der Waals surface area contributed by atoms with Crippen LogP contribution in [0.3, 0.4) is 0 Å². The van der Waals surface area contributed by atoms with Crippen molar-refractivity contribution in [2.24, 2.45) is 5.92 Å². The number of nitrogens with one attached hydrogen (secondary N) is 2. The standard InChI is InChI=1S/C30H39N7O7S/c1-20-28(38)29(39)27(44-30(20)42-2)19-37-18-25(34-35-37)17-33-45(40,41)26(16-31)14-21-3-4-23-15-24(6-5-22(23)13-21)32-7-8-36-9-11-43-12-10-36/h3-6,13-15,18,20,27-30,32-33,38-39H,7-12,17,19H2,1-2H3/b26-14+/t20-,27-,28-,29-,30+/m1/s1. The number of methoxy groups -OCH3 is 1. The van der Waals surface area contributed by atoms with Crippen LogP contribution in [-0.2, 0) is 37.3 Å². The van der Waals surface area contributed by atoms with E-state index in [1.54, 1.807) is 19.1 Å². The zero-order chi connectivity index (χ0) is 32.0. The van der Waals surface area contributed by atoms with Crippen molar-refractivity contribution in [2.45, 2.75) is 44.6 Å². The first-order valence-corrected chi connectivity index (χ1v) is 16.3. The largest absolute Gasteiger partial charge is 0.390 e. The molecule has 5 rings (SSSR count). The van der Waals surface area contributed by atoms with Gasteiger partial charge in [-0.3, -0.25) is 4.90 Å². The highest BCUT2D eigenvalue weighted by atomic mass is 32.2. The lowest BCUT2D eigenvalue weighted by Crippen LogP contribution is -2.55. The molecule has 45 heavy (non-hydrogen) atoms. The van der Waals surface area contributed by atoms with Crippen molar-refractivity contribution < 1.29 is 32.8 Å². The summed E-state index contributed by atoms with van der Waals surface area (Å²) < 4.78 is 46.2. The maximum Gasteiger partial charge on any atom is 0.251 e. The number of benzene rings is 2. The second kappa shape index (κ2) is 14.8. The Morgan fingerprint density at radius 1 is 1.18 bits per heavy atom. The van der Waals surface area contributed by atoms with Crippen LogP contribution < -0.4 is 10.0 Å². The Morgan fingerprint density at radius 2 is 1.93 bits per heavy atom. The Hall–Kier alpha value is -3.46. The summed E-state index contributed by atoms with van der Waals surface area (Å²) in [4.78, 5) is 1.92. The smallest absolute Gasteiger partial charge is 0.251 e. The highest BCUT2D eigenvalue weighted by molar-refractivity contribution is 7.93. The number of ether oxygens (including phenoxy) is 3. The quantitative estimate of drug-likeness (QED) is 0.205. The summed E-state index contributed by atoms with van der Waals surface area (Å²) in [6, 6.07) is 13.3. The van der Waals surface area contributed by atoms with Gasteiger partial charge in [0.2, 0.25) is 0 Å². The fraction of sp³-hybridized carbons (Fsp3) is 0.500. The number of morpholine rings is 1. The van der Waals surface area contributed by atoms with Gasteiger partial charge in [-0.05, 0) is 40.6 Å². The van der Waals surface area contributed by atoms with E-state index in [1.807, 2.05) is 30.3 Å². The van der Waals surface area contributed by atoms with E-state index in [1.165, 1.54) is 24.1 Å². The highest BCUT2D eigenvalue weighted by Crippen LogP contribution is 2.27. The predicted octanol–water partition coefficient (Wildman–Crippen LogP) is 0.889. The second-order valence-corrected chi connectivity index (χ2v) is 12.9. The number of anilines is 1. The minimum Gasteiger partial charge on any atom is -0.390 e. The first-order valence-electron chi connectivity index (χ1n) is 14.8. The first-order chi connectivity index (χ1) is 21.7. The molecular formula is C30H39N7O7S. The van der Waals surface area contributed by atoms with Crippen LogP contribution in [0.1, 0.15) is 18.2 Å². The lowest BCUT2D eigenvalue weighted by molar-refractivity contribution is -0.272. The third-order valence-corrected chi connectivity index (χ3v) is 9.37. The van der Waals surface area contributed by atoms with Crippen molar-refractivity contribution in [1.82, 2.24) is 24.6 Å². The Bertz CT molecular complexity index is 1630. The second-order valence-electron chi connectivity index (χ2n) is 11.2. The van der Waals surface area contributed by atoms with Gasteiger partial charge in [-0.25, -0.2) is 17.8 Å². The van der Waals surface area contributed by atoms with Crippen LogP contribution in [0.4, 0.5) is 5.69 Å². The lowest BCUT2D eigenvalue weighted by atomic mass is 9.92. The topological polar surface area (TPSA) is 184 Å². The molecule has 15 heteroatoms. The SMILES string of the molecule is CO[C@H]1O[C@H](Cn2cc(CNS(=O)(=O)/C(C#N)=C/c3ccc4cc(NCCN5CCOCC5)ccc4c3)nn2)[C@@H](O)[C@H](O)[C@H]1C. The number of nitrogens with zero attached hydrogens (tertiary/aromatic N) is 5. The van der Waals surface area contributed by atoms with E-state index in [4.69, 9.17) is 14.2 Å². The molecule has 2 saturated heterocycles. The van der Waals surface area contributed by atoms with Gasteiger partial charge in [-0.15, -0.1) is 5.10 Å². The first kappa shape index (κ1) is 32.9. The number of aliphatic hydroxyl groups is 2. The van der Waals surface area contributed by atoms with Crippen LogP contribution in [0.25, 0.3) is 16.8 Å². The van der Waals surface area contributed by atoms with Crippen LogP contribution in [0.2, 0.25) is 0 Å². The van der Waals surface area contributed by atoms with Crippen LogP contribution in [0.5, 0.6) is 0 Å². The highest BCUT2D eigenvalue weighted by Gasteiger charge is 2.42. The van der Waals surface area contributed by atoms with E-state index in [0.717, 1.165) is 55.9 Å². The van der Waals surface area contributed by atoms with E-state index < -0.39 is 45.4 Å². The molecule has 5 atom stereocenters. The minimum absolute atomic E-state index is 0.0574. The number of aliphatic hydroxyl groups excluding tert-OH is 2. The van der Waals surface area contributed by atoms with Crippen molar-refractivity contribution in [3.8, 4) is 6.07 Å². The van der Waals surface area contributed by atoms with Crippen LogP contribution in [0, 0.1) is 17.2 Å². The summed E-state index contributed by atoms with van der Waals surface area (Å²) in [6.07, 6.45) is -0.908. The average Bonchev–Trinajstić information content (AvgIpc) is 3.50. The van der Waals surface area contributed by atoms with Gasteiger partial charge in [0.15, 0.2) is 11.2 Å². The van der Waals surface area contributed by atoms with Crippen LogP contribution >= 0.6 is 0 Å². The normalized spacial score (nSPS) is 24.9. The Kier molecular flexibility index (Phi) is 10.8. The van der Waals surface area contributed by atoms with Crippen LogP contribution in [-0.4, -0.2) is 110 Å². The van der Waals surface area contributed by atoms with E-state index in [-0.39, 0.29) is 13.1 Å². The third kappa shape index (κ3) is 8.23. The molecule has 0 unspecified atom stereocenters. The third-order valence-electron chi connectivity index (χ3n) is 8.06. The van der Waals surface area contributed by atoms with E-state index in [0.29, 0.717) is 11.3 Å². The van der Waals surface area contributed by atoms with Crippen molar-refractivity contribution >= 4 is 32.6 Å². The minimum atomic E-state index is -4.16. The number of hydrogen-bond donors (Lipinski definition) is 4. The molecule has 3 aromatic rings. The molecule has 242 valence electrons. The number of aromatic nitrogens is 3. The molecule has 0 radical (unpaired) electrons. The van der Waals surface area contributed by atoms with Gasteiger partial charge in [0, 0.05) is 51.1 Å². The van der Waals surface area contributed by atoms with Gasteiger partial charge in [-0.1, -0.05) is 30.3 Å². The van der Waals surface area contributed by atoms with Crippen LogP contribution in [0.15, 0.2) is 47.5 Å². The molecule has 0 saturated carbocycles. The number of fused-ring (bicyclic) bond motifs is 1. The molecule has 14 nitrogen and oxygen atoms in total. The summed E-state index contributed by atoms with van der Waals surface area (Å²) in [5.41, 5.74) is 1.85. The zero-order valence-electron chi connectivity index (χ0n) is 25.2. The summed E-state index contributed by atoms with van der Waals surface area (Å²) in [5.74, 6) is -0.426. The summed E-state index contributed by atoms with van der Waals surface area (Å²) in [6.45, 7) is 6.73. The lowest BCUT2D eigenvalue weighted by Gasteiger charge is -2.40. The molecule has 0 aliphatic carbocycles. The molecule has 2 aliphatic rings. The number of nitriles is 1. The van der Waals surface area contributed by atoms with Gasteiger partial charge >= 0.3 is 0 Å². The molecule has 0 spiro atoms. The Balaban J connectivity index is 1.18. The number of rotatable bonds is 12. The van der Waals surface area contributed by atoms with E-state index in [2.05, 4.69) is 25.3 Å². The van der Waals surface area contributed by atoms with Gasteiger partial charge in [-0.2, -0.15) is 5.26 Å². The van der Waals surface area contributed by atoms with E-state index in [9.17, 15) is 23.9 Å². The van der Waals surface area contributed by atoms with Gasteiger partial charge in [0.25, 0.3) is 10.0 Å². The Morgan fingerprint density at radius 3 is 2.69 bits per heavy atom. The summed E-state index contributed by atoms with van der Waals surface area (Å²) in [7, 11) is -2.71. The van der Waals surface area contributed by atoms with Gasteiger partial charge in [0.1, 0.15) is 18.3 Å². The maximum absolute atomic E-state index is 13.0. The summed E-state index contributed by atoms with van der Waals surface area (Å²) in [5, 5.41) is 43.7. The molecule has 2 aliphatic heterocycles. The van der Waals surface area contributed by atoms with Gasteiger partial charge < -0.3 is 29.7 Å². The molecule has 4 N–H and O–H groups in total. The monoisotopic (exact) mass is 641 g/mol. The average molecular weight is 642 g/mol. The van der Waals surface area contributed by atoms with Crippen molar-refractivity contribution in [3.63, 3.8) is 0 Å². The molecule has 2 fully saturated rings. The van der Waals surface area contributed by atoms with Crippen molar-refractivity contribution in [3.05, 3.63) is 58.8 Å². The van der Waals surface area contributed by atoms with Crippen molar-refractivity contribution in [1.29, 1.82) is 5.26 Å².